The largest absolute Gasteiger partial charge is 0.365 e. The fraction of sp³-hybridized carbons (Fsp3) is 0.409. The van der Waals surface area contributed by atoms with Crippen molar-refractivity contribution in [3.8, 4) is 5.69 Å². The standard InChI is InChI=1S/C22H27N9OS/c1-13-10-19(33-29-13)27-22-26-18-8-9-31(17-11-23-30(3)12-17)20(18)21(28-22)25-16-6-4-15(5-7-16)24-14(2)32/h8-12,15-16H,4-7H2,1-3H3,(H,24,32)(H2,25,26,27,28)/t15-,16-. The molecule has 1 fully saturated rings. The van der Waals surface area contributed by atoms with Crippen molar-refractivity contribution in [2.75, 3.05) is 10.6 Å². The average Bonchev–Trinajstić information content (AvgIpc) is 3.49. The molecule has 4 heterocycles. The molecule has 5 rings (SSSR count). The first kappa shape index (κ1) is 21.4. The number of aromatic nitrogens is 6. The van der Waals surface area contributed by atoms with Gasteiger partial charge in [0, 0.05) is 38.4 Å². The Morgan fingerprint density at radius 1 is 1.18 bits per heavy atom. The van der Waals surface area contributed by atoms with Gasteiger partial charge in [-0.1, -0.05) is 0 Å². The summed E-state index contributed by atoms with van der Waals surface area (Å²) in [4.78, 5) is 21.0. The van der Waals surface area contributed by atoms with Gasteiger partial charge in [-0.15, -0.1) is 0 Å². The zero-order chi connectivity index (χ0) is 22.9. The van der Waals surface area contributed by atoms with Crippen LogP contribution in [0.5, 0.6) is 0 Å². The summed E-state index contributed by atoms with van der Waals surface area (Å²) in [5.74, 6) is 1.34. The predicted molar refractivity (Wildman–Crippen MR) is 129 cm³/mol. The van der Waals surface area contributed by atoms with Gasteiger partial charge in [0.15, 0.2) is 5.82 Å². The maximum absolute atomic E-state index is 11.4. The molecule has 0 unspecified atom stereocenters. The minimum Gasteiger partial charge on any atom is -0.365 e. The number of carbonyl (C=O) groups excluding carboxylic acids is 1. The number of anilines is 3. The summed E-state index contributed by atoms with van der Waals surface area (Å²) in [7, 11) is 1.90. The maximum Gasteiger partial charge on any atom is 0.230 e. The number of nitrogens with one attached hydrogen (secondary N) is 3. The van der Waals surface area contributed by atoms with E-state index in [1.54, 1.807) is 11.6 Å². The number of hydrogen-bond acceptors (Lipinski definition) is 8. The van der Waals surface area contributed by atoms with E-state index >= 15 is 0 Å². The first-order valence-electron chi connectivity index (χ1n) is 11.1. The van der Waals surface area contributed by atoms with E-state index in [4.69, 9.17) is 9.97 Å². The highest BCUT2D eigenvalue weighted by atomic mass is 32.1. The molecule has 1 saturated carbocycles. The van der Waals surface area contributed by atoms with Crippen LogP contribution in [0.4, 0.5) is 16.8 Å². The van der Waals surface area contributed by atoms with E-state index in [0.29, 0.717) is 5.95 Å². The highest BCUT2D eigenvalue weighted by Gasteiger charge is 2.24. The lowest BCUT2D eigenvalue weighted by molar-refractivity contribution is -0.119. The molecule has 4 aromatic heterocycles. The number of rotatable bonds is 6. The summed E-state index contributed by atoms with van der Waals surface area (Å²) >= 11 is 1.39. The Bertz CT molecular complexity index is 1280. The van der Waals surface area contributed by atoms with Gasteiger partial charge in [-0.05, 0) is 56.3 Å². The molecule has 0 aromatic carbocycles. The molecule has 1 amide bonds. The van der Waals surface area contributed by atoms with Crippen molar-refractivity contribution in [1.29, 1.82) is 0 Å². The van der Waals surface area contributed by atoms with Crippen LogP contribution in [0.3, 0.4) is 0 Å². The monoisotopic (exact) mass is 465 g/mol. The van der Waals surface area contributed by atoms with Crippen LogP contribution >= 0.6 is 11.5 Å². The third kappa shape index (κ3) is 4.68. The highest BCUT2D eigenvalue weighted by molar-refractivity contribution is 7.10. The lowest BCUT2D eigenvalue weighted by Gasteiger charge is -2.30. The van der Waals surface area contributed by atoms with Gasteiger partial charge in [-0.3, -0.25) is 9.48 Å². The van der Waals surface area contributed by atoms with Crippen LogP contribution in [0.25, 0.3) is 16.7 Å². The van der Waals surface area contributed by atoms with Crippen molar-refractivity contribution in [2.24, 2.45) is 7.05 Å². The van der Waals surface area contributed by atoms with Gasteiger partial charge >= 0.3 is 0 Å². The van der Waals surface area contributed by atoms with E-state index in [1.165, 1.54) is 11.5 Å². The average molecular weight is 466 g/mol. The summed E-state index contributed by atoms with van der Waals surface area (Å²) in [5.41, 5.74) is 3.66. The Kier molecular flexibility index (Phi) is 5.71. The van der Waals surface area contributed by atoms with Crippen LogP contribution in [0.2, 0.25) is 0 Å². The van der Waals surface area contributed by atoms with E-state index in [-0.39, 0.29) is 18.0 Å². The molecule has 4 aromatic rings. The summed E-state index contributed by atoms with van der Waals surface area (Å²) in [6.45, 7) is 3.54. The Balaban J connectivity index is 1.47. The Hall–Kier alpha value is -3.47. The number of nitrogens with zero attached hydrogens (tertiary/aromatic N) is 6. The molecule has 172 valence electrons. The van der Waals surface area contributed by atoms with Crippen molar-refractivity contribution in [3.05, 3.63) is 36.4 Å². The third-order valence-corrected chi connectivity index (χ3v) is 6.64. The molecule has 33 heavy (non-hydrogen) atoms. The topological polar surface area (TPSA) is 115 Å². The molecule has 0 radical (unpaired) electrons. The number of fused-ring (bicyclic) bond motifs is 1. The molecule has 3 N–H and O–H groups in total. The van der Waals surface area contributed by atoms with Crippen LogP contribution in [0, 0.1) is 6.92 Å². The maximum atomic E-state index is 11.4. The fourth-order valence-corrected chi connectivity index (χ4v) is 5.00. The Labute approximate surface area is 195 Å². The van der Waals surface area contributed by atoms with Crippen LogP contribution < -0.4 is 16.0 Å². The zero-order valence-electron chi connectivity index (χ0n) is 18.9. The van der Waals surface area contributed by atoms with Crippen molar-refractivity contribution in [2.45, 2.75) is 51.6 Å². The predicted octanol–water partition coefficient (Wildman–Crippen LogP) is 3.52. The SMILES string of the molecule is CC(=O)N[C@H]1CC[C@H](Nc2nc(Nc3cc(C)ns3)nc3ccn(-c4cnn(C)c4)c23)CC1. The van der Waals surface area contributed by atoms with E-state index in [2.05, 4.69) is 30.0 Å². The van der Waals surface area contributed by atoms with Crippen molar-refractivity contribution in [1.82, 2.24) is 34.0 Å². The van der Waals surface area contributed by atoms with Gasteiger partial charge in [0.25, 0.3) is 0 Å². The molecule has 1 aliphatic carbocycles. The Morgan fingerprint density at radius 2 is 1.97 bits per heavy atom. The molecule has 0 spiro atoms. The molecular weight excluding hydrogens is 438 g/mol. The molecule has 1 aliphatic rings. The lowest BCUT2D eigenvalue weighted by atomic mass is 9.91. The van der Waals surface area contributed by atoms with E-state index in [0.717, 1.165) is 58.9 Å². The van der Waals surface area contributed by atoms with E-state index in [9.17, 15) is 4.79 Å². The van der Waals surface area contributed by atoms with Gasteiger partial charge in [0.2, 0.25) is 11.9 Å². The van der Waals surface area contributed by atoms with Crippen LogP contribution in [0.1, 0.15) is 38.3 Å². The van der Waals surface area contributed by atoms with Gasteiger partial charge in [-0.2, -0.15) is 14.5 Å². The molecule has 10 nitrogen and oxygen atoms in total. The smallest absolute Gasteiger partial charge is 0.230 e. The second kappa shape index (κ2) is 8.81. The second-order valence-electron chi connectivity index (χ2n) is 8.54. The van der Waals surface area contributed by atoms with Gasteiger partial charge in [-0.25, -0.2) is 4.98 Å². The Morgan fingerprint density at radius 3 is 2.64 bits per heavy atom. The third-order valence-electron chi connectivity index (χ3n) is 5.84. The zero-order valence-corrected chi connectivity index (χ0v) is 19.7. The van der Waals surface area contributed by atoms with Crippen LogP contribution in [0.15, 0.2) is 30.7 Å². The second-order valence-corrected chi connectivity index (χ2v) is 9.34. The summed E-state index contributed by atoms with van der Waals surface area (Å²) in [6.07, 6.45) is 9.60. The van der Waals surface area contributed by atoms with Gasteiger partial charge in [0.1, 0.15) is 10.5 Å². The number of carbonyl (C=O) groups is 1. The number of aryl methyl sites for hydroxylation is 2. The van der Waals surface area contributed by atoms with Gasteiger partial charge < -0.3 is 20.5 Å². The van der Waals surface area contributed by atoms with E-state index < -0.39 is 0 Å². The molecule has 11 heteroatoms. The highest BCUT2D eigenvalue weighted by Crippen LogP contribution is 2.30. The molecule has 0 aliphatic heterocycles. The van der Waals surface area contributed by atoms with Crippen molar-refractivity contribution in [3.63, 3.8) is 0 Å². The summed E-state index contributed by atoms with van der Waals surface area (Å²) < 4.78 is 8.17. The quantitative estimate of drug-likeness (QED) is 0.399. The molecular formula is C22H27N9OS. The normalized spacial score (nSPS) is 18.4. The summed E-state index contributed by atoms with van der Waals surface area (Å²) in [5, 5.41) is 15.2. The lowest BCUT2D eigenvalue weighted by Crippen LogP contribution is -2.39. The minimum absolute atomic E-state index is 0.0345. The molecule has 0 bridgehead atoms. The first-order chi connectivity index (χ1) is 15.9. The fourth-order valence-electron chi connectivity index (χ4n) is 4.35. The molecule has 0 atom stereocenters. The van der Waals surface area contributed by atoms with Crippen LogP contribution in [-0.4, -0.2) is 46.7 Å². The number of hydrogen-bond donors (Lipinski definition) is 3. The van der Waals surface area contributed by atoms with Crippen molar-refractivity contribution >= 4 is 45.2 Å². The van der Waals surface area contributed by atoms with E-state index in [1.807, 2.05) is 44.7 Å². The summed E-state index contributed by atoms with van der Waals surface area (Å²) in [6, 6.07) is 4.49. The van der Waals surface area contributed by atoms with Crippen molar-refractivity contribution < 1.29 is 4.79 Å². The first-order valence-corrected chi connectivity index (χ1v) is 11.8. The minimum atomic E-state index is 0.0345. The van der Waals surface area contributed by atoms with Crippen LogP contribution in [-0.2, 0) is 11.8 Å². The van der Waals surface area contributed by atoms with Gasteiger partial charge in [0.05, 0.1) is 23.1 Å². The number of amides is 1. The molecule has 0 saturated heterocycles.